The number of pyridine rings is 1. The van der Waals surface area contributed by atoms with Gasteiger partial charge in [-0.15, -0.1) is 0 Å². The maximum atomic E-state index is 7.24. The van der Waals surface area contributed by atoms with Crippen LogP contribution in [0.1, 0.15) is 84.6 Å². The van der Waals surface area contributed by atoms with Crippen molar-refractivity contribution in [3.8, 4) is 28.3 Å². The van der Waals surface area contributed by atoms with Crippen LogP contribution in [0.25, 0.3) is 77.0 Å². The first-order chi connectivity index (χ1) is 29.5. The second-order valence-electron chi connectivity index (χ2n) is 21.4. The van der Waals surface area contributed by atoms with E-state index in [9.17, 15) is 0 Å². The minimum atomic E-state index is -0.0438. The summed E-state index contributed by atoms with van der Waals surface area (Å²) in [7, 11) is 2.23. The van der Waals surface area contributed by atoms with Gasteiger partial charge in [0.1, 0.15) is 17.0 Å². The molecule has 0 fully saturated rings. The topological polar surface area (TPSA) is 22.4 Å². The van der Waals surface area contributed by atoms with Crippen LogP contribution in [0.15, 0.2) is 121 Å². The number of aromatic nitrogens is 3. The lowest BCUT2D eigenvalue weighted by molar-refractivity contribution is -0.617. The molecule has 0 spiro atoms. The fraction of sp³-hybridized carbons (Fsp3) is 0.246. The van der Waals surface area contributed by atoms with E-state index in [2.05, 4.69) is 211 Å². The molecule has 2 aliphatic rings. The molecule has 0 amide bonds. The van der Waals surface area contributed by atoms with Gasteiger partial charge in [-0.3, -0.25) is 0 Å². The molecule has 0 radical (unpaired) electrons. The maximum Gasteiger partial charge on any atom is 0.295 e. The fourth-order valence-electron chi connectivity index (χ4n) is 11.0. The van der Waals surface area contributed by atoms with Crippen molar-refractivity contribution in [3.63, 3.8) is 0 Å². The number of hydrogen-bond donors (Lipinski definition) is 0. The Kier molecular flexibility index (Phi) is 7.36. The average molecular weight is 807 g/mol. The van der Waals surface area contributed by atoms with Crippen LogP contribution in [0.3, 0.4) is 0 Å². The van der Waals surface area contributed by atoms with Gasteiger partial charge in [0.15, 0.2) is 11.0 Å². The van der Waals surface area contributed by atoms with Crippen LogP contribution in [0.2, 0.25) is 0 Å². The molecule has 0 bridgehead atoms. The molecule has 3 aromatic heterocycles. The van der Waals surface area contributed by atoms with Gasteiger partial charge in [0.2, 0.25) is 0 Å². The van der Waals surface area contributed by atoms with Gasteiger partial charge < -0.3 is 9.30 Å². The van der Waals surface area contributed by atoms with Crippen molar-refractivity contribution in [3.05, 3.63) is 144 Å². The molecule has 5 heterocycles. The molecule has 4 nitrogen and oxygen atoms in total. The highest BCUT2D eigenvalue weighted by molar-refractivity contribution is 6.99. The summed E-state index contributed by atoms with van der Waals surface area (Å²) in [6, 6.07) is 46.4. The quantitative estimate of drug-likeness (QED) is 0.0920. The molecule has 12 rings (SSSR count). The molecule has 0 saturated heterocycles. The Morgan fingerprint density at radius 3 is 2.00 bits per heavy atom. The molecule has 0 saturated carbocycles. The number of rotatable bonds is 1. The van der Waals surface area contributed by atoms with Crippen molar-refractivity contribution in [1.82, 2.24) is 8.97 Å². The second kappa shape index (κ2) is 12.2. The van der Waals surface area contributed by atoms with Gasteiger partial charge in [-0.1, -0.05) is 129 Å². The van der Waals surface area contributed by atoms with E-state index in [4.69, 9.17) is 4.74 Å². The standard InChI is InChI=1S/C57H53BN3O/c1-32-16-14-19-39-38-17-12-13-20-44(38)61-53-37(18-15-21-46(53)59(11)54(61)50(32)39)33-26-47-51-49(27-33)62-48-25-23-35(56(5,6)7)30-42(48)58(51)43-31-36(57(8,9)10)29-41-40-28-34(55(2,3)4)22-24-45(40)60(47)52(41)43/h12-31H,1-11H3/q+1. The number of benzene rings is 7. The molecule has 0 N–H and O–H groups in total. The number of nitrogens with zero attached hydrogens (tertiary/aromatic N) is 3. The zero-order valence-corrected chi connectivity index (χ0v) is 37.9. The lowest BCUT2D eigenvalue weighted by Gasteiger charge is -2.35. The van der Waals surface area contributed by atoms with Crippen molar-refractivity contribution in [2.75, 3.05) is 0 Å². The molecular formula is C57H53BN3O+. The molecule has 62 heavy (non-hydrogen) atoms. The van der Waals surface area contributed by atoms with Crippen molar-refractivity contribution < 1.29 is 9.30 Å². The smallest absolute Gasteiger partial charge is 0.295 e. The molecule has 10 aromatic rings. The fourth-order valence-corrected chi connectivity index (χ4v) is 11.0. The van der Waals surface area contributed by atoms with Crippen LogP contribution < -0.4 is 25.7 Å². The third-order valence-corrected chi connectivity index (χ3v) is 14.4. The first kappa shape index (κ1) is 37.4. The van der Waals surface area contributed by atoms with Crippen LogP contribution in [-0.4, -0.2) is 15.7 Å². The first-order valence-electron chi connectivity index (χ1n) is 22.4. The van der Waals surface area contributed by atoms with Crippen LogP contribution in [0, 0.1) is 6.92 Å². The number of fused-ring (bicyclic) bond motifs is 15. The van der Waals surface area contributed by atoms with E-state index in [0.29, 0.717) is 0 Å². The predicted molar refractivity (Wildman–Crippen MR) is 263 cm³/mol. The third kappa shape index (κ3) is 4.99. The number of hydrogen-bond acceptors (Lipinski definition) is 1. The molecule has 5 heteroatoms. The summed E-state index contributed by atoms with van der Waals surface area (Å²) >= 11 is 0. The van der Waals surface area contributed by atoms with E-state index < -0.39 is 0 Å². The van der Waals surface area contributed by atoms with Crippen LogP contribution in [0.5, 0.6) is 11.5 Å². The average Bonchev–Trinajstić information content (AvgIpc) is 3.73. The van der Waals surface area contributed by atoms with Gasteiger partial charge in [-0.2, -0.15) is 4.40 Å². The molecular weight excluding hydrogens is 753 g/mol. The Morgan fingerprint density at radius 2 is 1.23 bits per heavy atom. The minimum Gasteiger partial charge on any atom is -0.458 e. The highest BCUT2D eigenvalue weighted by Crippen LogP contribution is 2.44. The molecule has 7 aromatic carbocycles. The molecule has 0 aliphatic carbocycles. The Labute approximate surface area is 364 Å². The van der Waals surface area contributed by atoms with Crippen molar-refractivity contribution in [2.24, 2.45) is 7.05 Å². The summed E-state index contributed by atoms with van der Waals surface area (Å²) in [5.41, 5.74) is 20.0. The van der Waals surface area contributed by atoms with Crippen LogP contribution in [-0.2, 0) is 23.3 Å². The zero-order valence-electron chi connectivity index (χ0n) is 37.9. The highest BCUT2D eigenvalue weighted by Gasteiger charge is 2.42. The maximum absolute atomic E-state index is 7.24. The van der Waals surface area contributed by atoms with Crippen molar-refractivity contribution in [1.29, 1.82) is 0 Å². The van der Waals surface area contributed by atoms with Gasteiger partial charge in [-0.25, -0.2) is 4.57 Å². The lowest BCUT2D eigenvalue weighted by atomic mass is 9.34. The number of para-hydroxylation sites is 2. The van der Waals surface area contributed by atoms with Gasteiger partial charge in [0, 0.05) is 38.3 Å². The lowest BCUT2D eigenvalue weighted by Crippen LogP contribution is -2.58. The Hall–Kier alpha value is -6.33. The Balaban J connectivity index is 1.24. The highest BCUT2D eigenvalue weighted by atomic mass is 16.5. The monoisotopic (exact) mass is 806 g/mol. The SMILES string of the molecule is Cc1cccc2c3ccccc3n3c4c(-c5cc6c7c(c5)-n5c8ccc(C(C)(C)C)cc8c8cc(C(C)(C)C)cc(c85)B7c5cc(C(C)(C)C)ccc5O6)cccc4[n+](C)c3c12. The Morgan fingerprint density at radius 1 is 0.548 bits per heavy atom. The Bertz CT molecular complexity index is 3640. The van der Waals surface area contributed by atoms with Gasteiger partial charge in [0.25, 0.3) is 12.4 Å². The molecule has 2 aliphatic heterocycles. The number of imidazole rings is 1. The van der Waals surface area contributed by atoms with Gasteiger partial charge >= 0.3 is 0 Å². The third-order valence-electron chi connectivity index (χ3n) is 14.4. The van der Waals surface area contributed by atoms with Gasteiger partial charge in [-0.05, 0) is 122 Å². The molecule has 304 valence electrons. The summed E-state index contributed by atoms with van der Waals surface area (Å²) < 4.78 is 14.7. The van der Waals surface area contributed by atoms with E-state index in [1.807, 2.05) is 0 Å². The predicted octanol–water partition coefficient (Wildman–Crippen LogP) is 12.1. The minimum absolute atomic E-state index is 0.00445. The second-order valence-corrected chi connectivity index (χ2v) is 21.4. The van der Waals surface area contributed by atoms with Crippen molar-refractivity contribution in [2.45, 2.75) is 85.5 Å². The summed E-state index contributed by atoms with van der Waals surface area (Å²) in [6.45, 7) is 23.2. The molecule has 0 unspecified atom stereocenters. The van der Waals surface area contributed by atoms with Crippen LogP contribution in [0.4, 0.5) is 0 Å². The number of ether oxygens (including phenoxy) is 1. The van der Waals surface area contributed by atoms with Gasteiger partial charge in [0.05, 0.1) is 18.0 Å². The van der Waals surface area contributed by atoms with E-state index in [1.54, 1.807) is 0 Å². The van der Waals surface area contributed by atoms with Crippen LogP contribution >= 0.6 is 0 Å². The normalized spacial score (nSPS) is 13.8. The first-order valence-corrected chi connectivity index (χ1v) is 22.4. The largest absolute Gasteiger partial charge is 0.458 e. The van der Waals surface area contributed by atoms with Crippen molar-refractivity contribution >= 4 is 83.3 Å². The number of aryl methyl sites for hydroxylation is 2. The van der Waals surface area contributed by atoms with E-state index in [1.165, 1.54) is 110 Å². The summed E-state index contributed by atoms with van der Waals surface area (Å²) in [6.07, 6.45) is 0. The van der Waals surface area contributed by atoms with E-state index in [0.717, 1.165) is 17.1 Å². The van der Waals surface area contributed by atoms with E-state index in [-0.39, 0.29) is 23.0 Å². The summed E-state index contributed by atoms with van der Waals surface area (Å²) in [4.78, 5) is 0. The zero-order chi connectivity index (χ0) is 42.9. The summed E-state index contributed by atoms with van der Waals surface area (Å²) in [5.74, 6) is 1.87. The summed E-state index contributed by atoms with van der Waals surface area (Å²) in [5, 5.41) is 6.46. The molecule has 0 atom stereocenters. The van der Waals surface area contributed by atoms with E-state index >= 15 is 0 Å².